The van der Waals surface area contributed by atoms with E-state index in [1.54, 1.807) is 11.3 Å². The lowest BCUT2D eigenvalue weighted by Gasteiger charge is -2.06. The molecule has 27 heavy (non-hydrogen) atoms. The molecule has 0 unspecified atom stereocenters. The zero-order chi connectivity index (χ0) is 18.8. The Morgan fingerprint density at radius 3 is 2.78 bits per heavy atom. The van der Waals surface area contributed by atoms with Gasteiger partial charge in [0, 0.05) is 6.07 Å². The number of para-hydroxylation sites is 1. The molecule has 0 saturated heterocycles. The lowest BCUT2D eigenvalue weighted by Crippen LogP contribution is -2.02. The molecule has 4 rings (SSSR count). The molecular formula is C20H12N2O4S. The van der Waals surface area contributed by atoms with Crippen LogP contribution in [0.4, 0.5) is 5.69 Å². The largest absolute Gasteiger partial charge is 0.478 e. The van der Waals surface area contributed by atoms with Crippen LogP contribution in [-0.2, 0) is 4.79 Å². The molecule has 2 aromatic carbocycles. The third-order valence-electron chi connectivity index (χ3n) is 3.85. The lowest BCUT2D eigenvalue weighted by atomic mass is 10.2. The molecule has 0 fully saturated rings. The summed E-state index contributed by atoms with van der Waals surface area (Å²) in [5.74, 6) is -1.00. The van der Waals surface area contributed by atoms with Crippen LogP contribution < -0.4 is 10.1 Å². The number of fused-ring (bicyclic) bond motifs is 2. The highest BCUT2D eigenvalue weighted by atomic mass is 32.1. The van der Waals surface area contributed by atoms with E-state index >= 15 is 0 Å². The molecule has 0 radical (unpaired) electrons. The molecule has 0 aromatic heterocycles. The summed E-state index contributed by atoms with van der Waals surface area (Å²) in [4.78, 5) is 31.9. The van der Waals surface area contributed by atoms with Gasteiger partial charge in [0.15, 0.2) is 0 Å². The van der Waals surface area contributed by atoms with Gasteiger partial charge in [-0.1, -0.05) is 12.1 Å². The summed E-state index contributed by atoms with van der Waals surface area (Å²) in [7, 11) is 0. The first-order valence-corrected chi connectivity index (χ1v) is 8.77. The second-order valence-electron chi connectivity index (χ2n) is 5.68. The van der Waals surface area contributed by atoms with Gasteiger partial charge in [-0.05, 0) is 42.5 Å². The van der Waals surface area contributed by atoms with Gasteiger partial charge >= 0.3 is 5.97 Å². The number of carbonyl (C=O) groups excluding carboxylic acids is 1. The Kier molecular flexibility index (Phi) is 4.35. The highest BCUT2D eigenvalue weighted by Crippen LogP contribution is 2.29. The third-order valence-corrected chi connectivity index (χ3v) is 4.96. The van der Waals surface area contributed by atoms with Crippen LogP contribution in [0.25, 0.3) is 20.8 Å². The van der Waals surface area contributed by atoms with Crippen molar-refractivity contribution in [1.29, 1.82) is 0 Å². The van der Waals surface area contributed by atoms with Crippen LogP contribution in [0.1, 0.15) is 10.4 Å². The van der Waals surface area contributed by atoms with Crippen molar-refractivity contribution in [3.05, 3.63) is 71.6 Å². The molecule has 2 aliphatic rings. The number of hydrogen-bond donors (Lipinski definition) is 1. The molecule has 1 heterocycles. The van der Waals surface area contributed by atoms with Gasteiger partial charge in [-0.25, -0.2) is 14.8 Å². The molecule has 0 amide bonds. The third kappa shape index (κ3) is 3.54. The van der Waals surface area contributed by atoms with E-state index in [-0.39, 0.29) is 17.8 Å². The van der Waals surface area contributed by atoms with E-state index in [4.69, 9.17) is 4.74 Å². The fourth-order valence-electron chi connectivity index (χ4n) is 2.67. The first-order chi connectivity index (χ1) is 13.1. The first kappa shape index (κ1) is 16.9. The molecule has 7 heteroatoms. The summed E-state index contributed by atoms with van der Waals surface area (Å²) in [6.07, 6.45) is 0. The lowest BCUT2D eigenvalue weighted by molar-refractivity contribution is -0.120. The van der Waals surface area contributed by atoms with Gasteiger partial charge in [0.2, 0.25) is 0 Å². The van der Waals surface area contributed by atoms with Crippen LogP contribution >= 0.6 is 11.3 Å². The maximum absolute atomic E-state index is 11.3. The van der Waals surface area contributed by atoms with Crippen molar-refractivity contribution in [2.45, 2.75) is 0 Å². The zero-order valence-corrected chi connectivity index (χ0v) is 14.6. The number of aromatic carboxylic acids is 1. The van der Waals surface area contributed by atoms with E-state index in [0.29, 0.717) is 11.0 Å². The van der Waals surface area contributed by atoms with E-state index in [0.717, 1.165) is 20.8 Å². The van der Waals surface area contributed by atoms with E-state index in [2.05, 4.69) is 9.98 Å². The molecule has 132 valence electrons. The number of carboxylic acid groups (broad SMARTS) is 1. The van der Waals surface area contributed by atoms with Crippen molar-refractivity contribution in [1.82, 2.24) is 4.98 Å². The fourth-order valence-corrected chi connectivity index (χ4v) is 3.67. The van der Waals surface area contributed by atoms with Gasteiger partial charge in [-0.3, -0.25) is 4.79 Å². The van der Waals surface area contributed by atoms with Gasteiger partial charge in [0.05, 0.1) is 37.4 Å². The first-order valence-electron chi connectivity index (χ1n) is 7.95. The Balaban J connectivity index is 1.85. The molecule has 0 spiro atoms. The molecule has 1 aliphatic carbocycles. The molecule has 1 aliphatic heterocycles. The average molecular weight is 376 g/mol. The molecular weight excluding hydrogens is 364 g/mol. The number of carbonyl (C=O) groups is 2. The predicted molar refractivity (Wildman–Crippen MR) is 102 cm³/mol. The van der Waals surface area contributed by atoms with Crippen molar-refractivity contribution in [3.63, 3.8) is 0 Å². The standard InChI is InChI=1S/C20H12N2O4S/c23-11-26-15-8-12(20(24)25)7-14(9-15)21-13-5-6-17-19(10-13)27-18-4-2-1-3-16(18)22-17/h1-11H,(H,24,25)/b21-13+. The summed E-state index contributed by atoms with van der Waals surface area (Å²) in [5, 5.41) is 9.87. The fraction of sp³-hybridized carbons (Fsp3) is 0. The highest BCUT2D eigenvalue weighted by molar-refractivity contribution is 7.21. The number of hydrogen-bond acceptors (Lipinski definition) is 6. The normalized spacial score (nSPS) is 11.6. The smallest absolute Gasteiger partial charge is 0.335 e. The van der Waals surface area contributed by atoms with E-state index in [1.807, 2.05) is 42.5 Å². The second-order valence-corrected chi connectivity index (χ2v) is 6.76. The number of nitrogens with zero attached hydrogens (tertiary/aromatic N) is 2. The van der Waals surface area contributed by atoms with Gasteiger partial charge < -0.3 is 9.84 Å². The minimum absolute atomic E-state index is 0.00985. The van der Waals surface area contributed by atoms with Crippen molar-refractivity contribution in [2.75, 3.05) is 0 Å². The number of aromatic nitrogens is 1. The molecule has 2 aromatic rings. The Morgan fingerprint density at radius 1 is 1.11 bits per heavy atom. The monoisotopic (exact) mass is 376 g/mol. The zero-order valence-electron chi connectivity index (χ0n) is 13.8. The summed E-state index contributed by atoms with van der Waals surface area (Å²) in [6.45, 7) is 0.249. The Bertz CT molecular complexity index is 1220. The van der Waals surface area contributed by atoms with Crippen molar-refractivity contribution >= 4 is 39.7 Å². The summed E-state index contributed by atoms with van der Waals surface area (Å²) < 4.78 is 5.85. The number of carboxylic acids is 1. The van der Waals surface area contributed by atoms with Crippen LogP contribution in [0.5, 0.6) is 5.75 Å². The van der Waals surface area contributed by atoms with E-state index in [1.165, 1.54) is 18.2 Å². The molecule has 0 bridgehead atoms. The van der Waals surface area contributed by atoms with Crippen molar-refractivity contribution in [2.24, 2.45) is 4.99 Å². The minimum Gasteiger partial charge on any atom is -0.478 e. The molecule has 0 saturated carbocycles. The van der Waals surface area contributed by atoms with E-state index < -0.39 is 5.97 Å². The summed E-state index contributed by atoms with van der Waals surface area (Å²) in [6, 6.07) is 17.7. The van der Waals surface area contributed by atoms with Gasteiger partial charge in [0.1, 0.15) is 5.75 Å². The maximum Gasteiger partial charge on any atom is 0.335 e. The molecule has 0 atom stereocenters. The van der Waals surface area contributed by atoms with E-state index in [9.17, 15) is 14.7 Å². The number of ether oxygens (including phenoxy) is 1. The highest BCUT2D eigenvalue weighted by Gasteiger charge is 2.09. The molecule has 6 nitrogen and oxygen atoms in total. The second kappa shape index (κ2) is 6.97. The maximum atomic E-state index is 11.3. The topological polar surface area (TPSA) is 88.9 Å². The van der Waals surface area contributed by atoms with Crippen LogP contribution in [0.2, 0.25) is 0 Å². The SMILES string of the molecule is O=COc1cc(/N=c2\ccc3nc4ccccc4sc-3c2)cc(C(=O)O)c1. The quantitative estimate of drug-likeness (QED) is 0.431. The summed E-state index contributed by atoms with van der Waals surface area (Å²) in [5.41, 5.74) is 2.17. The van der Waals surface area contributed by atoms with Crippen LogP contribution in [0, 0.1) is 0 Å². The van der Waals surface area contributed by atoms with Crippen molar-refractivity contribution < 1.29 is 19.4 Å². The number of rotatable bonds is 4. The van der Waals surface area contributed by atoms with Crippen molar-refractivity contribution in [3.8, 4) is 16.3 Å². The summed E-state index contributed by atoms with van der Waals surface area (Å²) >= 11 is 1.61. The predicted octanol–water partition coefficient (Wildman–Crippen LogP) is 3.87. The Labute approximate surface area is 157 Å². The Hall–Kier alpha value is -3.58. The average Bonchev–Trinajstić information content (AvgIpc) is 2.66. The Morgan fingerprint density at radius 2 is 1.96 bits per heavy atom. The minimum atomic E-state index is -1.13. The van der Waals surface area contributed by atoms with Crippen LogP contribution in [0.15, 0.2) is 65.7 Å². The molecule has 1 N–H and O–H groups in total. The van der Waals surface area contributed by atoms with Crippen LogP contribution in [-0.4, -0.2) is 22.5 Å². The van der Waals surface area contributed by atoms with Gasteiger partial charge in [-0.2, -0.15) is 0 Å². The van der Waals surface area contributed by atoms with Gasteiger partial charge in [0.25, 0.3) is 6.47 Å². The number of benzene rings is 3. The van der Waals surface area contributed by atoms with Crippen LogP contribution in [0.3, 0.4) is 0 Å². The van der Waals surface area contributed by atoms with Gasteiger partial charge in [-0.15, -0.1) is 11.3 Å².